The standard InChI is InChI=1S/C16H16BrNO3/c1-7-4-9(17)2-3-11(7)18-15(19)13-8-5-10-12(6-8)21-16(20)14(10)13/h2-4,8,10,12-14H,5-6H2,1H3,(H,18,19). The number of aryl methyl sites for hydroxylation is 1. The van der Waals surface area contributed by atoms with Crippen LogP contribution >= 0.6 is 15.9 Å². The van der Waals surface area contributed by atoms with Crippen LogP contribution in [0.15, 0.2) is 22.7 Å². The minimum atomic E-state index is -0.218. The molecule has 1 aliphatic heterocycles. The highest BCUT2D eigenvalue weighted by Gasteiger charge is 2.63. The molecule has 2 saturated carbocycles. The van der Waals surface area contributed by atoms with Crippen LogP contribution in [0.3, 0.4) is 0 Å². The summed E-state index contributed by atoms with van der Waals surface area (Å²) < 4.78 is 6.37. The SMILES string of the molecule is Cc1cc(Br)ccc1NC(=O)C1C2CC3OC(=O)C1C3C2. The van der Waals surface area contributed by atoms with Gasteiger partial charge in [-0.15, -0.1) is 0 Å². The molecule has 2 bridgehead atoms. The molecule has 5 unspecified atom stereocenters. The molecule has 1 N–H and O–H groups in total. The third kappa shape index (κ3) is 1.94. The Hall–Kier alpha value is -1.36. The first-order chi connectivity index (χ1) is 10.0. The largest absolute Gasteiger partial charge is 0.462 e. The van der Waals surface area contributed by atoms with Crippen molar-refractivity contribution in [3.63, 3.8) is 0 Å². The summed E-state index contributed by atoms with van der Waals surface area (Å²) in [5.74, 6) is -0.0711. The topological polar surface area (TPSA) is 55.4 Å². The fourth-order valence-corrected chi connectivity index (χ4v) is 4.82. The summed E-state index contributed by atoms with van der Waals surface area (Å²) in [5.41, 5.74) is 1.82. The molecule has 21 heavy (non-hydrogen) atoms. The zero-order valence-corrected chi connectivity index (χ0v) is 13.2. The molecule has 4 nitrogen and oxygen atoms in total. The van der Waals surface area contributed by atoms with E-state index in [0.717, 1.165) is 28.6 Å². The number of fused-ring (bicyclic) bond motifs is 1. The highest BCUT2D eigenvalue weighted by atomic mass is 79.9. The Morgan fingerprint density at radius 2 is 2.19 bits per heavy atom. The second-order valence-electron chi connectivity index (χ2n) is 6.37. The number of halogens is 1. The maximum atomic E-state index is 12.6. The first kappa shape index (κ1) is 13.3. The molecule has 2 aliphatic carbocycles. The van der Waals surface area contributed by atoms with E-state index in [0.29, 0.717) is 5.92 Å². The highest BCUT2D eigenvalue weighted by Crippen LogP contribution is 2.57. The van der Waals surface area contributed by atoms with Crippen molar-refractivity contribution in [3.8, 4) is 0 Å². The number of nitrogens with one attached hydrogen (secondary N) is 1. The van der Waals surface area contributed by atoms with Gasteiger partial charge in [-0.3, -0.25) is 9.59 Å². The molecule has 0 spiro atoms. The number of benzene rings is 1. The molecular formula is C16H16BrNO3. The van der Waals surface area contributed by atoms with Gasteiger partial charge in [-0.1, -0.05) is 15.9 Å². The van der Waals surface area contributed by atoms with Crippen LogP contribution in [-0.4, -0.2) is 18.0 Å². The lowest BCUT2D eigenvalue weighted by atomic mass is 9.79. The third-order valence-corrected chi connectivity index (χ3v) is 5.73. The number of rotatable bonds is 2. The second-order valence-corrected chi connectivity index (χ2v) is 7.29. The minimum absolute atomic E-state index is 0.0322. The Labute approximate surface area is 131 Å². The van der Waals surface area contributed by atoms with E-state index in [4.69, 9.17) is 4.74 Å². The summed E-state index contributed by atoms with van der Waals surface area (Å²) >= 11 is 3.42. The number of anilines is 1. The molecule has 0 aromatic heterocycles. The molecule has 1 amide bonds. The van der Waals surface area contributed by atoms with Crippen molar-refractivity contribution >= 4 is 33.5 Å². The van der Waals surface area contributed by atoms with E-state index in [1.54, 1.807) is 0 Å². The van der Waals surface area contributed by atoms with Crippen LogP contribution in [0.2, 0.25) is 0 Å². The number of carbonyl (C=O) groups is 2. The van der Waals surface area contributed by atoms with E-state index in [2.05, 4.69) is 21.2 Å². The van der Waals surface area contributed by atoms with Gasteiger partial charge in [0.1, 0.15) is 6.10 Å². The van der Waals surface area contributed by atoms with Crippen molar-refractivity contribution in [2.45, 2.75) is 25.9 Å². The van der Waals surface area contributed by atoms with Crippen molar-refractivity contribution in [1.29, 1.82) is 0 Å². The fourth-order valence-electron chi connectivity index (χ4n) is 4.35. The number of hydrogen-bond acceptors (Lipinski definition) is 3. The van der Waals surface area contributed by atoms with E-state index in [9.17, 15) is 9.59 Å². The molecule has 5 atom stereocenters. The molecule has 0 radical (unpaired) electrons. The monoisotopic (exact) mass is 349 g/mol. The van der Waals surface area contributed by atoms with E-state index in [1.807, 2.05) is 25.1 Å². The summed E-state index contributed by atoms with van der Waals surface area (Å²) in [6.07, 6.45) is 1.88. The highest BCUT2D eigenvalue weighted by molar-refractivity contribution is 9.10. The Bertz CT molecular complexity index is 642. The van der Waals surface area contributed by atoms with Crippen molar-refractivity contribution in [1.82, 2.24) is 0 Å². The Morgan fingerprint density at radius 3 is 2.95 bits per heavy atom. The zero-order chi connectivity index (χ0) is 14.7. The summed E-state index contributed by atoms with van der Waals surface area (Å²) in [4.78, 5) is 24.6. The lowest BCUT2D eigenvalue weighted by molar-refractivity contribution is -0.145. The van der Waals surface area contributed by atoms with Gasteiger partial charge in [0.15, 0.2) is 0 Å². The van der Waals surface area contributed by atoms with Crippen LogP contribution in [-0.2, 0) is 14.3 Å². The van der Waals surface area contributed by atoms with Crippen molar-refractivity contribution in [2.24, 2.45) is 23.7 Å². The number of amides is 1. The van der Waals surface area contributed by atoms with Gasteiger partial charge in [0.25, 0.3) is 0 Å². The van der Waals surface area contributed by atoms with Gasteiger partial charge >= 0.3 is 5.97 Å². The van der Waals surface area contributed by atoms with Gasteiger partial charge in [0, 0.05) is 16.1 Å². The predicted octanol–water partition coefficient (Wildman–Crippen LogP) is 2.89. The summed E-state index contributed by atoms with van der Waals surface area (Å²) in [5, 5.41) is 3.00. The molecule has 3 aliphatic rings. The van der Waals surface area contributed by atoms with Crippen molar-refractivity contribution in [3.05, 3.63) is 28.2 Å². The molecule has 1 saturated heterocycles. The van der Waals surface area contributed by atoms with Crippen LogP contribution in [0.4, 0.5) is 5.69 Å². The van der Waals surface area contributed by atoms with Crippen molar-refractivity contribution in [2.75, 3.05) is 5.32 Å². The minimum Gasteiger partial charge on any atom is -0.462 e. The Morgan fingerprint density at radius 1 is 1.38 bits per heavy atom. The zero-order valence-electron chi connectivity index (χ0n) is 11.6. The summed E-state index contributed by atoms with van der Waals surface area (Å²) in [7, 11) is 0. The maximum Gasteiger partial charge on any atom is 0.310 e. The fraction of sp³-hybridized carbons (Fsp3) is 0.500. The van der Waals surface area contributed by atoms with Gasteiger partial charge in [-0.25, -0.2) is 0 Å². The first-order valence-electron chi connectivity index (χ1n) is 7.32. The number of hydrogen-bond donors (Lipinski definition) is 1. The van der Waals surface area contributed by atoms with Gasteiger partial charge < -0.3 is 10.1 Å². The normalized spacial score (nSPS) is 35.9. The molecule has 4 rings (SSSR count). The predicted molar refractivity (Wildman–Crippen MR) is 80.6 cm³/mol. The Kier molecular flexibility index (Phi) is 2.89. The number of carbonyl (C=O) groups excluding carboxylic acids is 2. The summed E-state index contributed by atoms with van der Waals surface area (Å²) in [6, 6.07) is 5.76. The maximum absolute atomic E-state index is 12.6. The molecule has 3 fully saturated rings. The first-order valence-corrected chi connectivity index (χ1v) is 8.11. The lowest BCUT2D eigenvalue weighted by Crippen LogP contribution is -2.36. The molecule has 1 heterocycles. The molecular weight excluding hydrogens is 334 g/mol. The van der Waals surface area contributed by atoms with E-state index in [-0.39, 0.29) is 35.7 Å². The van der Waals surface area contributed by atoms with Crippen LogP contribution in [0, 0.1) is 30.6 Å². The second kappa shape index (κ2) is 4.57. The molecule has 110 valence electrons. The quantitative estimate of drug-likeness (QED) is 0.835. The van der Waals surface area contributed by atoms with E-state index >= 15 is 0 Å². The van der Waals surface area contributed by atoms with Crippen LogP contribution in [0.1, 0.15) is 18.4 Å². The number of esters is 1. The van der Waals surface area contributed by atoms with E-state index in [1.165, 1.54) is 0 Å². The average Bonchev–Trinajstić information content (AvgIpc) is 3.02. The number of ether oxygens (including phenoxy) is 1. The van der Waals surface area contributed by atoms with Crippen LogP contribution in [0.25, 0.3) is 0 Å². The van der Waals surface area contributed by atoms with Crippen molar-refractivity contribution < 1.29 is 14.3 Å². The lowest BCUT2D eigenvalue weighted by Gasteiger charge is -2.24. The summed E-state index contributed by atoms with van der Waals surface area (Å²) in [6.45, 7) is 1.96. The van der Waals surface area contributed by atoms with Crippen LogP contribution in [0.5, 0.6) is 0 Å². The van der Waals surface area contributed by atoms with Gasteiger partial charge in [0.2, 0.25) is 5.91 Å². The van der Waals surface area contributed by atoms with E-state index < -0.39 is 0 Å². The van der Waals surface area contributed by atoms with Gasteiger partial charge in [-0.2, -0.15) is 0 Å². The molecule has 1 aromatic rings. The third-order valence-electron chi connectivity index (χ3n) is 5.23. The molecule has 5 heteroatoms. The van der Waals surface area contributed by atoms with Gasteiger partial charge in [0.05, 0.1) is 11.8 Å². The smallest absolute Gasteiger partial charge is 0.310 e. The molecule has 1 aromatic carbocycles. The van der Waals surface area contributed by atoms with Gasteiger partial charge in [-0.05, 0) is 49.4 Å². The Balaban J connectivity index is 1.57. The average molecular weight is 350 g/mol. The van der Waals surface area contributed by atoms with Crippen LogP contribution < -0.4 is 5.32 Å².